The number of ether oxygens (including phenoxy) is 1. The van der Waals surface area contributed by atoms with Crippen molar-refractivity contribution in [3.8, 4) is 5.75 Å². The molecule has 0 bridgehead atoms. The molecule has 11 heteroatoms. The van der Waals surface area contributed by atoms with Gasteiger partial charge in [0.25, 0.3) is 5.91 Å². The lowest BCUT2D eigenvalue weighted by atomic mass is 9.82. The highest BCUT2D eigenvalue weighted by Crippen LogP contribution is 2.46. The lowest BCUT2D eigenvalue weighted by Gasteiger charge is -2.46. The van der Waals surface area contributed by atoms with Gasteiger partial charge < -0.3 is 25.0 Å². The molecule has 38 heavy (non-hydrogen) atoms. The first-order valence-electron chi connectivity index (χ1n) is 12.6. The molecule has 6 rings (SSSR count). The summed E-state index contributed by atoms with van der Waals surface area (Å²) in [4.78, 5) is 40.8. The quantitative estimate of drug-likeness (QED) is 0.434. The lowest BCUT2D eigenvalue weighted by molar-refractivity contribution is -0.143. The van der Waals surface area contributed by atoms with Crippen LogP contribution < -0.4 is 11.1 Å². The van der Waals surface area contributed by atoms with Gasteiger partial charge in [-0.15, -0.1) is 0 Å². The standard InChI is InChI=1S/C27H26ClFN4O5/c28-17-5-6-18-22(23(17)29)27(38-26(37)31-18)8-1-9-32(13-27)25(36)21(10-14-2-3-14)33-19-7-4-16(34)11-15(19)12-20(33)24(30)35/h4-7,11-12,14,21,34H,1-3,8-10,13H2,(H2,30,35)(H,31,37)/t21-,27-/m0/s1. The Labute approximate surface area is 222 Å². The van der Waals surface area contributed by atoms with Crippen LogP contribution in [0.2, 0.25) is 5.02 Å². The number of carbonyl (C=O) groups excluding carboxylic acids is 3. The summed E-state index contributed by atoms with van der Waals surface area (Å²) in [5, 5.41) is 13.0. The van der Waals surface area contributed by atoms with Crippen LogP contribution in [0.5, 0.6) is 5.75 Å². The van der Waals surface area contributed by atoms with Crippen molar-refractivity contribution in [1.29, 1.82) is 0 Å². The molecule has 198 valence electrons. The van der Waals surface area contributed by atoms with Crippen molar-refractivity contribution in [1.82, 2.24) is 9.47 Å². The Morgan fingerprint density at radius 3 is 2.79 bits per heavy atom. The van der Waals surface area contributed by atoms with Gasteiger partial charge in [-0.05, 0) is 61.6 Å². The van der Waals surface area contributed by atoms with Gasteiger partial charge in [-0.3, -0.25) is 14.9 Å². The normalized spacial score (nSPS) is 21.6. The zero-order chi connectivity index (χ0) is 26.8. The zero-order valence-corrected chi connectivity index (χ0v) is 21.1. The van der Waals surface area contributed by atoms with Crippen molar-refractivity contribution >= 4 is 46.1 Å². The molecule has 1 spiro atoms. The molecule has 3 aromatic rings. The van der Waals surface area contributed by atoms with Crippen LogP contribution in [0.25, 0.3) is 10.9 Å². The molecule has 2 fully saturated rings. The molecule has 3 heterocycles. The molecule has 2 atom stereocenters. The molecule has 0 radical (unpaired) electrons. The van der Waals surface area contributed by atoms with Crippen LogP contribution in [0.4, 0.5) is 14.9 Å². The van der Waals surface area contributed by atoms with Gasteiger partial charge in [0, 0.05) is 17.4 Å². The average molecular weight is 541 g/mol. The predicted molar refractivity (Wildman–Crippen MR) is 138 cm³/mol. The number of amides is 3. The third-order valence-corrected chi connectivity index (χ3v) is 8.06. The molecule has 9 nitrogen and oxygen atoms in total. The first-order chi connectivity index (χ1) is 18.2. The van der Waals surface area contributed by atoms with Gasteiger partial charge in [0.15, 0.2) is 11.4 Å². The second-order valence-corrected chi connectivity index (χ2v) is 10.8. The maximum Gasteiger partial charge on any atom is 0.412 e. The summed E-state index contributed by atoms with van der Waals surface area (Å²) in [6.45, 7) is 0.312. The third kappa shape index (κ3) is 4.03. The molecule has 1 aromatic heterocycles. The number of nitrogens with one attached hydrogen (secondary N) is 1. The number of benzene rings is 2. The summed E-state index contributed by atoms with van der Waals surface area (Å²) in [6, 6.07) is 8.38. The Hall–Kier alpha value is -3.79. The summed E-state index contributed by atoms with van der Waals surface area (Å²) >= 11 is 6.09. The average Bonchev–Trinajstić information content (AvgIpc) is 3.62. The Kier molecular flexibility index (Phi) is 5.75. The van der Waals surface area contributed by atoms with Crippen molar-refractivity contribution in [2.24, 2.45) is 11.7 Å². The van der Waals surface area contributed by atoms with Crippen molar-refractivity contribution in [2.75, 3.05) is 18.4 Å². The molecule has 2 aromatic carbocycles. The Bertz CT molecular complexity index is 1500. The minimum absolute atomic E-state index is 0.0285. The number of hydrogen-bond acceptors (Lipinski definition) is 5. The highest BCUT2D eigenvalue weighted by molar-refractivity contribution is 6.31. The highest BCUT2D eigenvalue weighted by atomic mass is 35.5. The third-order valence-electron chi connectivity index (χ3n) is 7.77. The summed E-state index contributed by atoms with van der Waals surface area (Å²) in [5.74, 6) is -1.32. The van der Waals surface area contributed by atoms with Crippen LogP contribution in [-0.4, -0.2) is 45.6 Å². The maximum absolute atomic E-state index is 15.3. The van der Waals surface area contributed by atoms with E-state index in [1.165, 1.54) is 24.3 Å². The predicted octanol–water partition coefficient (Wildman–Crippen LogP) is 4.66. The molecule has 2 aliphatic heterocycles. The molecular formula is C27H26ClFN4O5. The van der Waals surface area contributed by atoms with Crippen LogP contribution in [-0.2, 0) is 15.1 Å². The number of primary amides is 1. The lowest BCUT2D eigenvalue weighted by Crippen LogP contribution is -2.54. The van der Waals surface area contributed by atoms with Crippen LogP contribution in [0, 0.1) is 11.7 Å². The molecule has 1 aliphatic carbocycles. The van der Waals surface area contributed by atoms with E-state index in [4.69, 9.17) is 22.1 Å². The number of rotatable bonds is 5. The topological polar surface area (TPSA) is 127 Å². The molecule has 3 amide bonds. The molecule has 1 saturated carbocycles. The number of aromatic nitrogens is 1. The van der Waals surface area contributed by atoms with E-state index >= 15 is 4.39 Å². The van der Waals surface area contributed by atoms with E-state index in [1.807, 2.05) is 0 Å². The minimum Gasteiger partial charge on any atom is -0.508 e. The second-order valence-electron chi connectivity index (χ2n) is 10.4. The molecule has 4 N–H and O–H groups in total. The van der Waals surface area contributed by atoms with E-state index in [2.05, 4.69) is 5.32 Å². The van der Waals surface area contributed by atoms with Gasteiger partial charge in [-0.25, -0.2) is 9.18 Å². The number of phenols is 1. The van der Waals surface area contributed by atoms with Gasteiger partial charge in [-0.1, -0.05) is 24.4 Å². The number of aromatic hydroxyl groups is 1. The number of carbonyl (C=O) groups is 3. The van der Waals surface area contributed by atoms with Crippen molar-refractivity contribution in [3.63, 3.8) is 0 Å². The van der Waals surface area contributed by atoms with Crippen molar-refractivity contribution in [2.45, 2.75) is 43.7 Å². The number of anilines is 1. The molecule has 3 aliphatic rings. The number of piperidine rings is 1. The van der Waals surface area contributed by atoms with Crippen LogP contribution in [0.1, 0.15) is 54.2 Å². The first kappa shape index (κ1) is 24.5. The Balaban J connectivity index is 1.42. The number of hydrogen-bond donors (Lipinski definition) is 3. The Morgan fingerprint density at radius 2 is 2.05 bits per heavy atom. The van der Waals surface area contributed by atoms with E-state index in [-0.39, 0.29) is 40.2 Å². The summed E-state index contributed by atoms with van der Waals surface area (Å²) in [6.07, 6.45) is 2.49. The smallest absolute Gasteiger partial charge is 0.412 e. The van der Waals surface area contributed by atoms with E-state index in [9.17, 15) is 19.5 Å². The van der Waals surface area contributed by atoms with Crippen LogP contribution in [0.15, 0.2) is 36.4 Å². The summed E-state index contributed by atoms with van der Waals surface area (Å²) in [5.41, 5.74) is 5.47. The molecule has 1 saturated heterocycles. The maximum atomic E-state index is 15.3. The fraction of sp³-hybridized carbons (Fsp3) is 0.370. The second kappa shape index (κ2) is 8.90. The van der Waals surface area contributed by atoms with Gasteiger partial charge in [0.05, 0.1) is 22.8 Å². The number of phenolic OH excluding ortho intramolecular Hbond substituents is 1. The van der Waals surface area contributed by atoms with Gasteiger partial charge >= 0.3 is 6.09 Å². The van der Waals surface area contributed by atoms with Gasteiger partial charge in [-0.2, -0.15) is 0 Å². The van der Waals surface area contributed by atoms with E-state index in [1.54, 1.807) is 21.6 Å². The number of nitrogens with zero attached hydrogens (tertiary/aromatic N) is 2. The number of fused-ring (bicyclic) bond motifs is 3. The highest BCUT2D eigenvalue weighted by Gasteiger charge is 2.49. The fourth-order valence-electron chi connectivity index (χ4n) is 5.91. The zero-order valence-electron chi connectivity index (χ0n) is 20.4. The number of likely N-dealkylation sites (tertiary alicyclic amines) is 1. The number of nitrogens with two attached hydrogens (primary N) is 1. The summed E-state index contributed by atoms with van der Waals surface area (Å²) in [7, 11) is 0. The number of halogens is 2. The largest absolute Gasteiger partial charge is 0.508 e. The monoisotopic (exact) mass is 540 g/mol. The SMILES string of the molecule is NC(=O)c1cc2cc(O)ccc2n1[C@@H](CC1CC1)C(=O)N1CCC[C@@]2(C1)OC(=O)Nc1ccc(Cl)c(F)c12. The minimum atomic E-state index is -1.40. The van der Waals surface area contributed by atoms with Crippen molar-refractivity contribution < 1.29 is 28.6 Å². The van der Waals surface area contributed by atoms with Crippen LogP contribution >= 0.6 is 11.6 Å². The van der Waals surface area contributed by atoms with Crippen molar-refractivity contribution in [3.05, 3.63) is 58.5 Å². The van der Waals surface area contributed by atoms with Crippen LogP contribution in [0.3, 0.4) is 0 Å². The van der Waals surface area contributed by atoms with E-state index in [0.29, 0.717) is 42.6 Å². The Morgan fingerprint density at radius 1 is 1.26 bits per heavy atom. The van der Waals surface area contributed by atoms with Gasteiger partial charge in [0.1, 0.15) is 17.5 Å². The summed E-state index contributed by atoms with van der Waals surface area (Å²) < 4.78 is 22.7. The molecular weight excluding hydrogens is 515 g/mol. The first-order valence-corrected chi connectivity index (χ1v) is 13.0. The van der Waals surface area contributed by atoms with Gasteiger partial charge in [0.2, 0.25) is 5.91 Å². The van der Waals surface area contributed by atoms with E-state index in [0.717, 1.165) is 12.8 Å². The fourth-order valence-corrected chi connectivity index (χ4v) is 6.06. The molecule has 0 unspecified atom stereocenters. The van der Waals surface area contributed by atoms with E-state index < -0.39 is 29.5 Å².